The van der Waals surface area contributed by atoms with Crippen molar-refractivity contribution >= 4 is 5.91 Å². The molecular formula is C11H22N2O. The first-order chi connectivity index (χ1) is 6.83. The molecule has 0 spiro atoms. The van der Waals surface area contributed by atoms with Crippen LogP contribution >= 0.6 is 0 Å². The van der Waals surface area contributed by atoms with Crippen LogP contribution in [0.1, 0.15) is 39.0 Å². The van der Waals surface area contributed by atoms with Crippen molar-refractivity contribution in [3.8, 4) is 0 Å². The van der Waals surface area contributed by atoms with Crippen molar-refractivity contribution in [2.75, 3.05) is 19.6 Å². The number of hydrogen-bond donors (Lipinski definition) is 2. The molecule has 0 aromatic carbocycles. The number of nitrogens with one attached hydrogen (secondary N) is 2. The van der Waals surface area contributed by atoms with E-state index in [9.17, 15) is 4.79 Å². The van der Waals surface area contributed by atoms with Gasteiger partial charge in [0.2, 0.25) is 5.91 Å². The minimum Gasteiger partial charge on any atom is -0.356 e. The number of piperidine rings is 1. The number of amides is 1. The monoisotopic (exact) mass is 198 g/mol. The topological polar surface area (TPSA) is 41.1 Å². The summed E-state index contributed by atoms with van der Waals surface area (Å²) in [6.45, 7) is 5.20. The molecule has 2 N–H and O–H groups in total. The Morgan fingerprint density at radius 1 is 1.43 bits per heavy atom. The maximum absolute atomic E-state index is 11.3. The molecule has 0 atom stereocenters. The quantitative estimate of drug-likeness (QED) is 0.699. The van der Waals surface area contributed by atoms with Gasteiger partial charge in [-0.2, -0.15) is 0 Å². The summed E-state index contributed by atoms with van der Waals surface area (Å²) in [4.78, 5) is 11.3. The largest absolute Gasteiger partial charge is 0.356 e. The van der Waals surface area contributed by atoms with E-state index in [1.807, 2.05) is 0 Å². The average molecular weight is 198 g/mol. The zero-order valence-electron chi connectivity index (χ0n) is 9.14. The molecule has 0 bridgehead atoms. The summed E-state index contributed by atoms with van der Waals surface area (Å²) in [5.74, 6) is 0.923. The Morgan fingerprint density at radius 2 is 2.14 bits per heavy atom. The smallest absolute Gasteiger partial charge is 0.220 e. The summed E-state index contributed by atoms with van der Waals surface area (Å²) < 4.78 is 0. The van der Waals surface area contributed by atoms with E-state index in [1.54, 1.807) is 0 Å². The molecule has 0 aromatic heterocycles. The average Bonchev–Trinajstić information content (AvgIpc) is 2.25. The van der Waals surface area contributed by atoms with Gasteiger partial charge in [0.1, 0.15) is 0 Å². The van der Waals surface area contributed by atoms with Crippen molar-refractivity contribution in [1.29, 1.82) is 0 Å². The summed E-state index contributed by atoms with van der Waals surface area (Å²) in [6, 6.07) is 0. The van der Waals surface area contributed by atoms with E-state index in [1.165, 1.54) is 12.8 Å². The van der Waals surface area contributed by atoms with E-state index in [0.717, 1.165) is 32.5 Å². The summed E-state index contributed by atoms with van der Waals surface area (Å²) in [6.07, 6.45) is 5.21. The van der Waals surface area contributed by atoms with Crippen LogP contribution in [0.4, 0.5) is 0 Å². The second-order valence-corrected chi connectivity index (χ2v) is 4.10. The third kappa shape index (κ3) is 4.61. The van der Waals surface area contributed by atoms with Gasteiger partial charge in [-0.25, -0.2) is 0 Å². The summed E-state index contributed by atoms with van der Waals surface area (Å²) in [7, 11) is 0. The lowest BCUT2D eigenvalue weighted by molar-refractivity contribution is -0.121. The zero-order valence-corrected chi connectivity index (χ0v) is 9.14. The van der Waals surface area contributed by atoms with Gasteiger partial charge in [0, 0.05) is 13.0 Å². The van der Waals surface area contributed by atoms with E-state index in [0.29, 0.717) is 12.3 Å². The van der Waals surface area contributed by atoms with Crippen molar-refractivity contribution in [3.63, 3.8) is 0 Å². The SMILES string of the molecule is CCCCC(=O)NCC1CCNCC1. The molecule has 3 nitrogen and oxygen atoms in total. The fraction of sp³-hybridized carbons (Fsp3) is 0.909. The number of carbonyl (C=O) groups is 1. The van der Waals surface area contributed by atoms with Crippen LogP contribution in [-0.4, -0.2) is 25.5 Å². The van der Waals surface area contributed by atoms with Crippen LogP contribution in [0.3, 0.4) is 0 Å². The molecule has 82 valence electrons. The molecule has 1 fully saturated rings. The molecule has 1 heterocycles. The number of rotatable bonds is 5. The number of unbranched alkanes of at least 4 members (excludes halogenated alkanes) is 1. The van der Waals surface area contributed by atoms with Gasteiger partial charge in [-0.1, -0.05) is 13.3 Å². The first-order valence-corrected chi connectivity index (χ1v) is 5.80. The van der Waals surface area contributed by atoms with Crippen LogP contribution in [0.15, 0.2) is 0 Å². The Balaban J connectivity index is 2.03. The number of carbonyl (C=O) groups excluding carboxylic acids is 1. The second kappa shape index (κ2) is 6.82. The lowest BCUT2D eigenvalue weighted by Gasteiger charge is -2.22. The normalized spacial score (nSPS) is 18.1. The van der Waals surface area contributed by atoms with E-state index in [4.69, 9.17) is 0 Å². The van der Waals surface area contributed by atoms with Crippen LogP contribution in [0.25, 0.3) is 0 Å². The van der Waals surface area contributed by atoms with Crippen LogP contribution in [-0.2, 0) is 4.79 Å². The predicted molar refractivity (Wildman–Crippen MR) is 58.1 cm³/mol. The first kappa shape index (κ1) is 11.5. The van der Waals surface area contributed by atoms with Gasteiger partial charge < -0.3 is 10.6 Å². The maximum Gasteiger partial charge on any atom is 0.220 e. The molecular weight excluding hydrogens is 176 g/mol. The van der Waals surface area contributed by atoms with Crippen molar-refractivity contribution < 1.29 is 4.79 Å². The predicted octanol–water partition coefficient (Wildman–Crippen LogP) is 1.29. The molecule has 0 saturated carbocycles. The summed E-state index contributed by atoms with van der Waals surface area (Å²) >= 11 is 0. The van der Waals surface area contributed by atoms with Crippen LogP contribution in [0, 0.1) is 5.92 Å². The van der Waals surface area contributed by atoms with Gasteiger partial charge in [0.15, 0.2) is 0 Å². The highest BCUT2D eigenvalue weighted by Gasteiger charge is 2.13. The van der Waals surface area contributed by atoms with E-state index < -0.39 is 0 Å². The van der Waals surface area contributed by atoms with Gasteiger partial charge in [-0.05, 0) is 38.3 Å². The van der Waals surface area contributed by atoms with Gasteiger partial charge in [0.25, 0.3) is 0 Å². The summed E-state index contributed by atoms with van der Waals surface area (Å²) in [5.41, 5.74) is 0. The Bertz CT molecular complexity index is 165. The van der Waals surface area contributed by atoms with Gasteiger partial charge >= 0.3 is 0 Å². The third-order valence-electron chi connectivity index (χ3n) is 2.80. The maximum atomic E-state index is 11.3. The molecule has 1 saturated heterocycles. The molecule has 1 amide bonds. The summed E-state index contributed by atoms with van der Waals surface area (Å²) in [5, 5.41) is 6.34. The van der Waals surface area contributed by atoms with Crippen molar-refractivity contribution in [2.45, 2.75) is 39.0 Å². The van der Waals surface area contributed by atoms with Crippen molar-refractivity contribution in [1.82, 2.24) is 10.6 Å². The van der Waals surface area contributed by atoms with E-state index in [2.05, 4.69) is 17.6 Å². The fourth-order valence-electron chi connectivity index (χ4n) is 1.77. The zero-order chi connectivity index (χ0) is 10.2. The molecule has 14 heavy (non-hydrogen) atoms. The molecule has 0 radical (unpaired) electrons. The molecule has 1 rings (SSSR count). The Hall–Kier alpha value is -0.570. The Labute approximate surface area is 86.6 Å². The fourth-order valence-corrected chi connectivity index (χ4v) is 1.77. The molecule has 1 aliphatic rings. The van der Waals surface area contributed by atoms with Crippen molar-refractivity contribution in [3.05, 3.63) is 0 Å². The lowest BCUT2D eigenvalue weighted by atomic mass is 9.98. The molecule has 1 aliphatic heterocycles. The Morgan fingerprint density at radius 3 is 2.79 bits per heavy atom. The third-order valence-corrected chi connectivity index (χ3v) is 2.80. The lowest BCUT2D eigenvalue weighted by Crippen LogP contribution is -2.35. The molecule has 0 aromatic rings. The molecule has 0 aliphatic carbocycles. The van der Waals surface area contributed by atoms with Gasteiger partial charge in [-0.15, -0.1) is 0 Å². The van der Waals surface area contributed by atoms with Crippen LogP contribution < -0.4 is 10.6 Å². The highest BCUT2D eigenvalue weighted by molar-refractivity contribution is 5.75. The van der Waals surface area contributed by atoms with Crippen molar-refractivity contribution in [2.24, 2.45) is 5.92 Å². The van der Waals surface area contributed by atoms with Gasteiger partial charge in [0.05, 0.1) is 0 Å². The molecule has 0 unspecified atom stereocenters. The Kier molecular flexibility index (Phi) is 5.60. The highest BCUT2D eigenvalue weighted by atomic mass is 16.1. The van der Waals surface area contributed by atoms with E-state index in [-0.39, 0.29) is 5.91 Å². The standard InChI is InChI=1S/C11H22N2O/c1-2-3-4-11(14)13-9-10-5-7-12-8-6-10/h10,12H,2-9H2,1H3,(H,13,14). The minimum absolute atomic E-state index is 0.227. The second-order valence-electron chi connectivity index (χ2n) is 4.10. The minimum atomic E-state index is 0.227. The van der Waals surface area contributed by atoms with Gasteiger partial charge in [-0.3, -0.25) is 4.79 Å². The first-order valence-electron chi connectivity index (χ1n) is 5.80. The van der Waals surface area contributed by atoms with E-state index >= 15 is 0 Å². The molecule has 3 heteroatoms. The number of hydrogen-bond acceptors (Lipinski definition) is 2. The van der Waals surface area contributed by atoms with Crippen LogP contribution in [0.5, 0.6) is 0 Å². The van der Waals surface area contributed by atoms with Crippen LogP contribution in [0.2, 0.25) is 0 Å². The highest BCUT2D eigenvalue weighted by Crippen LogP contribution is 2.09.